The van der Waals surface area contributed by atoms with Gasteiger partial charge in [0.05, 0.1) is 0 Å². The van der Waals surface area contributed by atoms with Crippen molar-refractivity contribution in [3.05, 3.63) is 42.0 Å². The number of hydrogen-bond acceptors (Lipinski definition) is 1. The van der Waals surface area contributed by atoms with E-state index < -0.39 is 0 Å². The maximum Gasteiger partial charge on any atom is 0.119 e. The van der Waals surface area contributed by atoms with Gasteiger partial charge in [0.2, 0.25) is 0 Å². The molecule has 15 heavy (non-hydrogen) atoms. The molecule has 0 aliphatic carbocycles. The molecule has 1 aromatic rings. The van der Waals surface area contributed by atoms with Crippen LogP contribution in [-0.4, -0.2) is 5.11 Å². The summed E-state index contributed by atoms with van der Waals surface area (Å²) in [5, 5.41) is 9.77. The smallest absolute Gasteiger partial charge is 0.119 e. The van der Waals surface area contributed by atoms with Gasteiger partial charge in [-0.1, -0.05) is 57.5 Å². The van der Waals surface area contributed by atoms with Gasteiger partial charge in [-0.3, -0.25) is 0 Å². The van der Waals surface area contributed by atoms with Crippen molar-refractivity contribution in [1.82, 2.24) is 0 Å². The van der Waals surface area contributed by atoms with Crippen molar-refractivity contribution < 1.29 is 5.11 Å². The van der Waals surface area contributed by atoms with Gasteiger partial charge in [0.1, 0.15) is 5.75 Å². The molecule has 0 aliphatic heterocycles. The number of rotatable bonds is 4. The molecule has 0 spiro atoms. The molecule has 0 bridgehead atoms. The monoisotopic (exact) mass is 204 g/mol. The number of phenolic OH excluding ortho intramolecular Hbond substituents is 1. The lowest BCUT2D eigenvalue weighted by Crippen LogP contribution is -2.13. The molecule has 0 aromatic heterocycles. The fraction of sp³-hybridized carbons (Fsp3) is 0.429. The van der Waals surface area contributed by atoms with Crippen LogP contribution < -0.4 is 0 Å². The molecule has 0 atom stereocenters. The molecule has 1 nitrogen and oxygen atoms in total. The van der Waals surface area contributed by atoms with Crippen LogP contribution in [-0.2, 0) is 5.41 Å². The van der Waals surface area contributed by atoms with E-state index in [1.165, 1.54) is 0 Å². The van der Waals surface area contributed by atoms with E-state index in [0.29, 0.717) is 5.75 Å². The van der Waals surface area contributed by atoms with Crippen LogP contribution in [0.25, 0.3) is 0 Å². The number of para-hydroxylation sites is 1. The average molecular weight is 204 g/mol. The Morgan fingerprint density at radius 3 is 2.53 bits per heavy atom. The highest BCUT2D eigenvalue weighted by Gasteiger charge is 2.19. The van der Waals surface area contributed by atoms with E-state index in [9.17, 15) is 5.11 Å². The van der Waals surface area contributed by atoms with E-state index in [1.54, 1.807) is 6.07 Å². The number of benzene rings is 1. The number of hydrogen-bond donors (Lipinski definition) is 1. The van der Waals surface area contributed by atoms with Gasteiger partial charge in [0, 0.05) is 11.0 Å². The third kappa shape index (κ3) is 3.12. The van der Waals surface area contributed by atoms with Crippen molar-refractivity contribution in [2.45, 2.75) is 39.0 Å². The minimum absolute atomic E-state index is 0.0967. The first-order valence-electron chi connectivity index (χ1n) is 5.54. The Morgan fingerprint density at radius 1 is 1.27 bits per heavy atom. The van der Waals surface area contributed by atoms with Crippen molar-refractivity contribution in [2.24, 2.45) is 0 Å². The fourth-order valence-corrected chi connectivity index (χ4v) is 1.65. The quantitative estimate of drug-likeness (QED) is 0.734. The molecule has 1 rings (SSSR count). The SMILES string of the molecule is CCCC=CC(C)(C)c1ccccc1O. The third-order valence-corrected chi connectivity index (χ3v) is 2.59. The zero-order valence-electron chi connectivity index (χ0n) is 9.83. The summed E-state index contributed by atoms with van der Waals surface area (Å²) in [7, 11) is 0. The molecule has 0 aliphatic rings. The van der Waals surface area contributed by atoms with E-state index in [1.807, 2.05) is 18.2 Å². The lowest BCUT2D eigenvalue weighted by atomic mass is 9.83. The summed E-state index contributed by atoms with van der Waals surface area (Å²) in [6, 6.07) is 7.53. The Hall–Kier alpha value is -1.24. The molecule has 0 amide bonds. The maximum absolute atomic E-state index is 9.77. The molecule has 0 heterocycles. The Morgan fingerprint density at radius 2 is 1.93 bits per heavy atom. The maximum atomic E-state index is 9.77. The van der Waals surface area contributed by atoms with Crippen molar-refractivity contribution in [3.8, 4) is 5.75 Å². The molecule has 0 radical (unpaired) electrons. The van der Waals surface area contributed by atoms with Gasteiger partial charge in [-0.25, -0.2) is 0 Å². The van der Waals surface area contributed by atoms with Crippen LogP contribution in [0.4, 0.5) is 0 Å². The number of phenols is 1. The van der Waals surface area contributed by atoms with Crippen LogP contribution in [0.2, 0.25) is 0 Å². The topological polar surface area (TPSA) is 20.2 Å². The van der Waals surface area contributed by atoms with Crippen LogP contribution in [0.3, 0.4) is 0 Å². The van der Waals surface area contributed by atoms with Gasteiger partial charge in [0.25, 0.3) is 0 Å². The summed E-state index contributed by atoms with van der Waals surface area (Å²) in [5.41, 5.74) is 0.887. The van der Waals surface area contributed by atoms with E-state index in [-0.39, 0.29) is 5.41 Å². The summed E-state index contributed by atoms with van der Waals surface area (Å²) in [5.74, 6) is 0.378. The highest BCUT2D eigenvalue weighted by Crippen LogP contribution is 2.31. The summed E-state index contributed by atoms with van der Waals surface area (Å²) in [6.07, 6.45) is 6.61. The molecule has 82 valence electrons. The second-order valence-electron chi connectivity index (χ2n) is 4.43. The van der Waals surface area contributed by atoms with E-state index >= 15 is 0 Å². The van der Waals surface area contributed by atoms with Gasteiger partial charge in [0.15, 0.2) is 0 Å². The Balaban J connectivity index is 2.90. The lowest BCUT2D eigenvalue weighted by molar-refractivity contribution is 0.455. The molecule has 1 heteroatoms. The highest BCUT2D eigenvalue weighted by atomic mass is 16.3. The molecule has 0 unspecified atom stereocenters. The van der Waals surface area contributed by atoms with Crippen LogP contribution in [0.5, 0.6) is 5.75 Å². The van der Waals surface area contributed by atoms with Gasteiger partial charge >= 0.3 is 0 Å². The summed E-state index contributed by atoms with van der Waals surface area (Å²) < 4.78 is 0. The van der Waals surface area contributed by atoms with Gasteiger partial charge in [-0.15, -0.1) is 0 Å². The Bertz CT molecular complexity index is 337. The zero-order valence-corrected chi connectivity index (χ0v) is 9.83. The van der Waals surface area contributed by atoms with Crippen molar-refractivity contribution in [1.29, 1.82) is 0 Å². The van der Waals surface area contributed by atoms with Crippen LogP contribution in [0.15, 0.2) is 36.4 Å². The second kappa shape index (κ2) is 5.01. The minimum atomic E-state index is -0.0967. The molecular weight excluding hydrogens is 184 g/mol. The summed E-state index contributed by atoms with van der Waals surface area (Å²) in [6.45, 7) is 6.40. The minimum Gasteiger partial charge on any atom is -0.508 e. The molecule has 0 saturated carbocycles. The standard InChI is InChI=1S/C14H20O/c1-4-5-8-11-14(2,3)12-9-6-7-10-13(12)15/h6-11,15H,4-5H2,1-3H3. The molecule has 0 fully saturated rings. The largest absolute Gasteiger partial charge is 0.508 e. The van der Waals surface area contributed by atoms with Crippen molar-refractivity contribution >= 4 is 0 Å². The Labute approximate surface area is 92.5 Å². The number of allylic oxidation sites excluding steroid dienone is 2. The zero-order chi connectivity index (χ0) is 11.3. The van der Waals surface area contributed by atoms with E-state index in [2.05, 4.69) is 32.9 Å². The lowest BCUT2D eigenvalue weighted by Gasteiger charge is -2.22. The van der Waals surface area contributed by atoms with Crippen LogP contribution in [0.1, 0.15) is 39.2 Å². The second-order valence-corrected chi connectivity index (χ2v) is 4.43. The highest BCUT2D eigenvalue weighted by molar-refractivity contribution is 5.40. The van der Waals surface area contributed by atoms with E-state index in [0.717, 1.165) is 18.4 Å². The first kappa shape index (κ1) is 11.8. The summed E-state index contributed by atoms with van der Waals surface area (Å²) in [4.78, 5) is 0. The van der Waals surface area contributed by atoms with Gasteiger partial charge < -0.3 is 5.11 Å². The average Bonchev–Trinajstić information content (AvgIpc) is 2.18. The van der Waals surface area contributed by atoms with Crippen LogP contribution >= 0.6 is 0 Å². The molecule has 1 aromatic carbocycles. The molecule has 1 N–H and O–H groups in total. The molecule has 0 saturated heterocycles. The molecular formula is C14H20O. The normalized spacial score (nSPS) is 12.2. The van der Waals surface area contributed by atoms with Crippen molar-refractivity contribution in [3.63, 3.8) is 0 Å². The fourth-order valence-electron chi connectivity index (χ4n) is 1.65. The number of unbranched alkanes of at least 4 members (excludes halogenated alkanes) is 1. The third-order valence-electron chi connectivity index (χ3n) is 2.59. The predicted octanol–water partition coefficient (Wildman–Crippen LogP) is 4.03. The van der Waals surface area contributed by atoms with Crippen molar-refractivity contribution in [2.75, 3.05) is 0 Å². The predicted molar refractivity (Wildman–Crippen MR) is 65.2 cm³/mol. The Kier molecular flexibility index (Phi) is 3.96. The van der Waals surface area contributed by atoms with Gasteiger partial charge in [-0.05, 0) is 12.5 Å². The first-order chi connectivity index (χ1) is 7.08. The summed E-state index contributed by atoms with van der Waals surface area (Å²) >= 11 is 0. The van der Waals surface area contributed by atoms with E-state index in [4.69, 9.17) is 0 Å². The number of aromatic hydroxyl groups is 1. The first-order valence-corrected chi connectivity index (χ1v) is 5.54. The van der Waals surface area contributed by atoms with Crippen LogP contribution in [0, 0.1) is 0 Å². The van der Waals surface area contributed by atoms with Gasteiger partial charge in [-0.2, -0.15) is 0 Å².